The predicted molar refractivity (Wildman–Crippen MR) is 85.2 cm³/mol. The third-order valence-electron chi connectivity index (χ3n) is 4.30. The van der Waals surface area contributed by atoms with Crippen LogP contribution >= 0.6 is 11.6 Å². The number of benzene rings is 1. The van der Waals surface area contributed by atoms with Crippen molar-refractivity contribution in [2.24, 2.45) is 0 Å². The van der Waals surface area contributed by atoms with Gasteiger partial charge in [0.05, 0.1) is 6.42 Å². The molecule has 1 aromatic carbocycles. The molecule has 0 radical (unpaired) electrons. The van der Waals surface area contributed by atoms with Gasteiger partial charge in [0, 0.05) is 35.3 Å². The molecule has 1 aliphatic rings. The standard InChI is InChI=1S/C16H18ClN3O2/c1-10-13(16(22)19-18-10)8-15(21)20-7-6-11(9-20)12-4-2-3-5-14(12)17/h2-5,11H,6-9H2,1H3,(H2,18,19,22)/t11-/m0/s1. The van der Waals surface area contributed by atoms with Gasteiger partial charge in [-0.05, 0) is 25.0 Å². The Balaban J connectivity index is 1.69. The number of carbonyl (C=O) groups excluding carboxylic acids is 1. The van der Waals surface area contributed by atoms with Crippen LogP contribution in [0.25, 0.3) is 0 Å². The summed E-state index contributed by atoms with van der Waals surface area (Å²) in [7, 11) is 0. The van der Waals surface area contributed by atoms with E-state index in [0.29, 0.717) is 18.7 Å². The number of amides is 1. The van der Waals surface area contributed by atoms with E-state index in [1.807, 2.05) is 29.2 Å². The Kier molecular flexibility index (Phi) is 4.07. The number of hydrogen-bond donors (Lipinski definition) is 2. The average Bonchev–Trinajstić information content (AvgIpc) is 3.10. The molecular weight excluding hydrogens is 302 g/mol. The topological polar surface area (TPSA) is 69.0 Å². The fourth-order valence-electron chi connectivity index (χ4n) is 2.99. The molecule has 3 rings (SSSR count). The van der Waals surface area contributed by atoms with Crippen molar-refractivity contribution in [2.75, 3.05) is 13.1 Å². The van der Waals surface area contributed by atoms with Gasteiger partial charge < -0.3 is 10.00 Å². The number of aryl methyl sites for hydroxylation is 1. The Morgan fingerprint density at radius 1 is 1.36 bits per heavy atom. The van der Waals surface area contributed by atoms with E-state index in [1.165, 1.54) is 0 Å². The van der Waals surface area contributed by atoms with E-state index in [2.05, 4.69) is 10.2 Å². The number of halogens is 1. The number of likely N-dealkylation sites (tertiary alicyclic amines) is 1. The van der Waals surface area contributed by atoms with Crippen LogP contribution in [0.2, 0.25) is 5.02 Å². The Morgan fingerprint density at radius 2 is 2.14 bits per heavy atom. The molecule has 1 aliphatic heterocycles. The highest BCUT2D eigenvalue weighted by Gasteiger charge is 2.29. The van der Waals surface area contributed by atoms with Crippen LogP contribution in [0.4, 0.5) is 0 Å². The summed E-state index contributed by atoms with van der Waals surface area (Å²) >= 11 is 6.24. The van der Waals surface area contributed by atoms with Crippen molar-refractivity contribution in [1.82, 2.24) is 15.1 Å². The number of aromatic nitrogens is 2. The summed E-state index contributed by atoms with van der Waals surface area (Å²) in [6.45, 7) is 3.15. The van der Waals surface area contributed by atoms with E-state index in [1.54, 1.807) is 6.92 Å². The van der Waals surface area contributed by atoms with Crippen molar-refractivity contribution in [2.45, 2.75) is 25.7 Å². The molecular formula is C16H18ClN3O2. The van der Waals surface area contributed by atoms with Crippen LogP contribution in [0.1, 0.15) is 29.2 Å². The second-order valence-corrected chi connectivity index (χ2v) is 6.11. The smallest absolute Gasteiger partial charge is 0.267 e. The van der Waals surface area contributed by atoms with Crippen LogP contribution in [0, 0.1) is 6.92 Å². The fraction of sp³-hybridized carbons (Fsp3) is 0.375. The molecule has 1 atom stereocenters. The van der Waals surface area contributed by atoms with Crippen molar-refractivity contribution in [3.63, 3.8) is 0 Å². The maximum absolute atomic E-state index is 12.4. The molecule has 1 fully saturated rings. The fourth-order valence-corrected chi connectivity index (χ4v) is 3.28. The first-order chi connectivity index (χ1) is 10.6. The maximum Gasteiger partial charge on any atom is 0.267 e. The molecule has 2 aromatic rings. The van der Waals surface area contributed by atoms with Crippen LogP contribution in [0.3, 0.4) is 0 Å². The normalized spacial score (nSPS) is 17.9. The second kappa shape index (κ2) is 6.01. The summed E-state index contributed by atoms with van der Waals surface area (Å²) in [6, 6.07) is 7.77. The second-order valence-electron chi connectivity index (χ2n) is 5.71. The minimum absolute atomic E-state index is 0.0113. The number of H-pyrrole nitrogens is 2. The van der Waals surface area contributed by atoms with Gasteiger partial charge in [0.1, 0.15) is 0 Å². The minimum atomic E-state index is -0.215. The largest absolute Gasteiger partial charge is 0.342 e. The molecule has 1 amide bonds. The maximum atomic E-state index is 12.4. The summed E-state index contributed by atoms with van der Waals surface area (Å²) in [5.41, 5.74) is 2.12. The Labute approximate surface area is 133 Å². The van der Waals surface area contributed by atoms with Gasteiger partial charge >= 0.3 is 0 Å². The molecule has 0 bridgehead atoms. The molecule has 0 spiro atoms. The third-order valence-corrected chi connectivity index (χ3v) is 4.65. The highest BCUT2D eigenvalue weighted by atomic mass is 35.5. The van der Waals surface area contributed by atoms with E-state index < -0.39 is 0 Å². The Hall–Kier alpha value is -2.01. The SMILES string of the molecule is Cc1[nH][nH]c(=O)c1CC(=O)N1CC[C@H](c2ccccc2Cl)C1. The first-order valence-electron chi connectivity index (χ1n) is 7.34. The summed E-state index contributed by atoms with van der Waals surface area (Å²) < 4.78 is 0. The average molecular weight is 320 g/mol. The summed E-state index contributed by atoms with van der Waals surface area (Å²) in [6.07, 6.45) is 1.04. The van der Waals surface area contributed by atoms with Crippen LogP contribution in [0.5, 0.6) is 0 Å². The number of hydrogen-bond acceptors (Lipinski definition) is 2. The number of carbonyl (C=O) groups is 1. The molecule has 0 aliphatic carbocycles. The highest BCUT2D eigenvalue weighted by molar-refractivity contribution is 6.31. The van der Waals surface area contributed by atoms with E-state index in [-0.39, 0.29) is 23.8 Å². The summed E-state index contributed by atoms with van der Waals surface area (Å²) in [4.78, 5) is 25.9. The zero-order valence-electron chi connectivity index (χ0n) is 12.4. The zero-order valence-corrected chi connectivity index (χ0v) is 13.1. The lowest BCUT2D eigenvalue weighted by Crippen LogP contribution is -2.31. The molecule has 0 unspecified atom stereocenters. The highest BCUT2D eigenvalue weighted by Crippen LogP contribution is 2.32. The molecule has 2 N–H and O–H groups in total. The lowest BCUT2D eigenvalue weighted by atomic mass is 9.98. The predicted octanol–water partition coefficient (Wildman–Crippen LogP) is 2.22. The third kappa shape index (κ3) is 2.81. The molecule has 1 saturated heterocycles. The first-order valence-corrected chi connectivity index (χ1v) is 7.72. The number of nitrogens with zero attached hydrogens (tertiary/aromatic N) is 1. The van der Waals surface area contributed by atoms with Gasteiger partial charge in [-0.25, -0.2) is 0 Å². The van der Waals surface area contributed by atoms with Crippen LogP contribution < -0.4 is 5.56 Å². The van der Waals surface area contributed by atoms with E-state index in [4.69, 9.17) is 11.6 Å². The van der Waals surface area contributed by atoms with Gasteiger partial charge in [0.15, 0.2) is 0 Å². The summed E-state index contributed by atoms with van der Waals surface area (Å²) in [5.74, 6) is 0.256. The van der Waals surface area contributed by atoms with Crippen molar-refractivity contribution in [3.8, 4) is 0 Å². The van der Waals surface area contributed by atoms with E-state index in [9.17, 15) is 9.59 Å². The van der Waals surface area contributed by atoms with Crippen molar-refractivity contribution in [1.29, 1.82) is 0 Å². The van der Waals surface area contributed by atoms with E-state index in [0.717, 1.165) is 22.7 Å². The Morgan fingerprint density at radius 3 is 2.82 bits per heavy atom. The number of nitrogens with one attached hydrogen (secondary N) is 2. The summed E-state index contributed by atoms with van der Waals surface area (Å²) in [5, 5.41) is 6.01. The van der Waals surface area contributed by atoms with Gasteiger partial charge in [-0.15, -0.1) is 0 Å². The van der Waals surface area contributed by atoms with Crippen molar-refractivity contribution in [3.05, 3.63) is 56.5 Å². The molecule has 22 heavy (non-hydrogen) atoms. The minimum Gasteiger partial charge on any atom is -0.342 e. The van der Waals surface area contributed by atoms with Gasteiger partial charge in [-0.2, -0.15) is 0 Å². The van der Waals surface area contributed by atoms with Gasteiger partial charge in [-0.1, -0.05) is 29.8 Å². The molecule has 116 valence electrons. The zero-order chi connectivity index (χ0) is 15.7. The molecule has 6 heteroatoms. The lowest BCUT2D eigenvalue weighted by Gasteiger charge is -2.17. The van der Waals surface area contributed by atoms with Crippen LogP contribution in [-0.2, 0) is 11.2 Å². The Bertz CT molecular complexity index is 750. The van der Waals surface area contributed by atoms with Crippen LogP contribution in [-0.4, -0.2) is 34.1 Å². The molecule has 5 nitrogen and oxygen atoms in total. The number of aromatic amines is 2. The quantitative estimate of drug-likeness (QED) is 0.911. The van der Waals surface area contributed by atoms with Gasteiger partial charge in [0.25, 0.3) is 5.56 Å². The number of rotatable bonds is 3. The van der Waals surface area contributed by atoms with E-state index >= 15 is 0 Å². The van der Waals surface area contributed by atoms with Gasteiger partial charge in [0.2, 0.25) is 5.91 Å². The molecule has 1 aromatic heterocycles. The molecule has 2 heterocycles. The van der Waals surface area contributed by atoms with Crippen LogP contribution in [0.15, 0.2) is 29.1 Å². The first kappa shape index (κ1) is 14.9. The molecule has 0 saturated carbocycles. The lowest BCUT2D eigenvalue weighted by molar-refractivity contribution is -0.129. The van der Waals surface area contributed by atoms with Crippen molar-refractivity contribution < 1.29 is 4.79 Å². The van der Waals surface area contributed by atoms with Gasteiger partial charge in [-0.3, -0.25) is 14.7 Å². The van der Waals surface area contributed by atoms with Crippen molar-refractivity contribution >= 4 is 17.5 Å². The monoisotopic (exact) mass is 319 g/mol.